The smallest absolute Gasteiger partial charge is 0.183 e. The molecule has 2 rings (SSSR count). The highest BCUT2D eigenvalue weighted by Gasteiger charge is 2.26. The van der Waals surface area contributed by atoms with Crippen molar-refractivity contribution < 1.29 is 4.42 Å². The number of nitrogens with one attached hydrogen (secondary N) is 1. The van der Waals surface area contributed by atoms with Gasteiger partial charge in [0.15, 0.2) is 4.67 Å². The Bertz CT molecular complexity index is 336. The Morgan fingerprint density at radius 3 is 2.94 bits per heavy atom. The lowest BCUT2D eigenvalue weighted by molar-refractivity contribution is 0.437. The standard InChI is InChI=1S/C11H15Br2NOS/c1-16-10-4-2-3-9(10)14-6-7-5-8(12)11(13)15-7/h5,9-10,14H,2-4,6H2,1H3. The number of furan rings is 1. The molecule has 1 aliphatic rings. The third kappa shape index (κ3) is 3.06. The van der Waals surface area contributed by atoms with Gasteiger partial charge >= 0.3 is 0 Å². The molecule has 2 unspecified atom stereocenters. The lowest BCUT2D eigenvalue weighted by atomic mass is 10.2. The fraction of sp³-hybridized carbons (Fsp3) is 0.636. The minimum Gasteiger partial charge on any atom is -0.452 e. The number of hydrogen-bond donors (Lipinski definition) is 1. The molecule has 0 spiro atoms. The Labute approximate surface area is 117 Å². The molecule has 1 aromatic rings. The van der Waals surface area contributed by atoms with Gasteiger partial charge < -0.3 is 9.73 Å². The first-order valence-electron chi connectivity index (χ1n) is 5.40. The average molecular weight is 369 g/mol. The summed E-state index contributed by atoms with van der Waals surface area (Å²) in [4.78, 5) is 0. The number of halogens is 2. The molecule has 0 bridgehead atoms. The van der Waals surface area contributed by atoms with E-state index in [1.807, 2.05) is 17.8 Å². The Morgan fingerprint density at radius 1 is 1.50 bits per heavy atom. The van der Waals surface area contributed by atoms with Gasteiger partial charge in [0.2, 0.25) is 0 Å². The van der Waals surface area contributed by atoms with E-state index < -0.39 is 0 Å². The van der Waals surface area contributed by atoms with E-state index in [9.17, 15) is 0 Å². The summed E-state index contributed by atoms with van der Waals surface area (Å²) in [5.41, 5.74) is 0. The molecule has 90 valence electrons. The average Bonchev–Trinajstić information content (AvgIpc) is 2.83. The SMILES string of the molecule is CSC1CCCC1NCc1cc(Br)c(Br)o1. The van der Waals surface area contributed by atoms with Gasteiger partial charge in [-0.2, -0.15) is 11.8 Å². The summed E-state index contributed by atoms with van der Waals surface area (Å²) in [5.74, 6) is 0.977. The summed E-state index contributed by atoms with van der Waals surface area (Å²) in [7, 11) is 0. The van der Waals surface area contributed by atoms with Gasteiger partial charge in [-0.05, 0) is 57.0 Å². The molecular weight excluding hydrogens is 354 g/mol. The van der Waals surface area contributed by atoms with E-state index in [1.165, 1.54) is 19.3 Å². The van der Waals surface area contributed by atoms with Gasteiger partial charge in [0.1, 0.15) is 5.76 Å². The van der Waals surface area contributed by atoms with E-state index in [2.05, 4.69) is 43.4 Å². The third-order valence-corrected chi connectivity index (χ3v) is 5.87. The third-order valence-electron chi connectivity index (χ3n) is 2.99. The van der Waals surface area contributed by atoms with E-state index >= 15 is 0 Å². The quantitative estimate of drug-likeness (QED) is 0.862. The second-order valence-corrected chi connectivity index (χ2v) is 6.68. The van der Waals surface area contributed by atoms with Gasteiger partial charge in [-0.25, -0.2) is 0 Å². The van der Waals surface area contributed by atoms with Crippen molar-refractivity contribution in [1.82, 2.24) is 5.32 Å². The fourth-order valence-corrected chi connectivity index (χ4v) is 3.77. The van der Waals surface area contributed by atoms with Crippen LogP contribution < -0.4 is 5.32 Å². The predicted octanol–water partition coefficient (Wildman–Crippen LogP) is 4.18. The maximum atomic E-state index is 5.54. The summed E-state index contributed by atoms with van der Waals surface area (Å²) in [6.07, 6.45) is 6.17. The Balaban J connectivity index is 1.87. The molecule has 0 saturated heterocycles. The Kier molecular flexibility index (Phi) is 4.82. The molecule has 1 aliphatic carbocycles. The zero-order valence-corrected chi connectivity index (χ0v) is 13.1. The number of thioether (sulfide) groups is 1. The zero-order valence-electron chi connectivity index (χ0n) is 9.13. The van der Waals surface area contributed by atoms with E-state index in [0.29, 0.717) is 6.04 Å². The number of rotatable bonds is 4. The molecule has 1 N–H and O–H groups in total. The largest absolute Gasteiger partial charge is 0.452 e. The van der Waals surface area contributed by atoms with Crippen molar-refractivity contribution in [3.05, 3.63) is 21.0 Å². The first kappa shape index (κ1) is 13.0. The molecular formula is C11H15Br2NOS. The highest BCUT2D eigenvalue weighted by molar-refractivity contribution is 9.13. The van der Waals surface area contributed by atoms with Crippen LogP contribution >= 0.6 is 43.6 Å². The molecule has 1 heterocycles. The van der Waals surface area contributed by atoms with Gasteiger partial charge in [0, 0.05) is 11.3 Å². The summed E-state index contributed by atoms with van der Waals surface area (Å²) in [6.45, 7) is 0.811. The van der Waals surface area contributed by atoms with Gasteiger partial charge in [0.05, 0.1) is 11.0 Å². The lowest BCUT2D eigenvalue weighted by Gasteiger charge is -2.18. The lowest BCUT2D eigenvalue weighted by Crippen LogP contribution is -2.33. The maximum absolute atomic E-state index is 5.54. The summed E-state index contributed by atoms with van der Waals surface area (Å²) in [6, 6.07) is 2.65. The van der Waals surface area contributed by atoms with Gasteiger partial charge in [-0.15, -0.1) is 0 Å². The van der Waals surface area contributed by atoms with Gasteiger partial charge in [-0.3, -0.25) is 0 Å². The van der Waals surface area contributed by atoms with Crippen molar-refractivity contribution >= 4 is 43.6 Å². The molecule has 0 aromatic carbocycles. The Hall–Kier alpha value is 0.550. The van der Waals surface area contributed by atoms with Gasteiger partial charge in [-0.1, -0.05) is 6.42 Å². The summed E-state index contributed by atoms with van der Waals surface area (Å²) in [5, 5.41) is 4.35. The zero-order chi connectivity index (χ0) is 11.5. The monoisotopic (exact) mass is 367 g/mol. The van der Waals surface area contributed by atoms with Crippen molar-refractivity contribution in [1.29, 1.82) is 0 Å². The highest BCUT2D eigenvalue weighted by atomic mass is 79.9. The van der Waals surface area contributed by atoms with Gasteiger partial charge in [0.25, 0.3) is 0 Å². The summed E-state index contributed by atoms with van der Waals surface area (Å²) < 4.78 is 7.30. The molecule has 0 radical (unpaired) electrons. The molecule has 1 aromatic heterocycles. The fourth-order valence-electron chi connectivity index (χ4n) is 2.15. The van der Waals surface area contributed by atoms with Crippen molar-refractivity contribution in [2.75, 3.05) is 6.26 Å². The maximum Gasteiger partial charge on any atom is 0.183 e. The van der Waals surface area contributed by atoms with Crippen LogP contribution in [-0.4, -0.2) is 17.5 Å². The van der Waals surface area contributed by atoms with Crippen LogP contribution in [0.4, 0.5) is 0 Å². The molecule has 5 heteroatoms. The highest BCUT2D eigenvalue weighted by Crippen LogP contribution is 2.30. The van der Waals surface area contributed by atoms with Crippen LogP contribution in [-0.2, 0) is 6.54 Å². The molecule has 16 heavy (non-hydrogen) atoms. The molecule has 1 fully saturated rings. The van der Waals surface area contributed by atoms with E-state index in [4.69, 9.17) is 4.42 Å². The second kappa shape index (κ2) is 5.94. The minimum atomic E-state index is 0.637. The summed E-state index contributed by atoms with van der Waals surface area (Å²) >= 11 is 8.74. The van der Waals surface area contributed by atoms with Crippen LogP contribution in [0.15, 0.2) is 19.6 Å². The Morgan fingerprint density at radius 2 is 2.31 bits per heavy atom. The van der Waals surface area contributed by atoms with Crippen molar-refractivity contribution in [2.24, 2.45) is 0 Å². The van der Waals surface area contributed by atoms with Crippen molar-refractivity contribution in [3.8, 4) is 0 Å². The predicted molar refractivity (Wildman–Crippen MR) is 75.9 cm³/mol. The molecule has 2 nitrogen and oxygen atoms in total. The van der Waals surface area contributed by atoms with Crippen molar-refractivity contribution in [2.45, 2.75) is 37.1 Å². The molecule has 0 amide bonds. The van der Waals surface area contributed by atoms with Crippen LogP contribution in [0, 0.1) is 0 Å². The van der Waals surface area contributed by atoms with Crippen LogP contribution in [0.1, 0.15) is 25.0 Å². The molecule has 1 saturated carbocycles. The topological polar surface area (TPSA) is 25.2 Å². The second-order valence-electron chi connectivity index (χ2n) is 4.03. The normalized spacial score (nSPS) is 25.2. The van der Waals surface area contributed by atoms with Crippen LogP contribution in [0.2, 0.25) is 0 Å². The first-order chi connectivity index (χ1) is 7.70. The van der Waals surface area contributed by atoms with Crippen LogP contribution in [0.5, 0.6) is 0 Å². The molecule has 2 atom stereocenters. The van der Waals surface area contributed by atoms with Crippen LogP contribution in [0.25, 0.3) is 0 Å². The van der Waals surface area contributed by atoms with Crippen LogP contribution in [0.3, 0.4) is 0 Å². The van der Waals surface area contributed by atoms with E-state index in [0.717, 1.165) is 26.7 Å². The minimum absolute atomic E-state index is 0.637. The van der Waals surface area contributed by atoms with Crippen molar-refractivity contribution in [3.63, 3.8) is 0 Å². The first-order valence-corrected chi connectivity index (χ1v) is 8.28. The molecule has 0 aliphatic heterocycles. The van der Waals surface area contributed by atoms with E-state index in [1.54, 1.807) is 0 Å². The van der Waals surface area contributed by atoms with E-state index in [-0.39, 0.29) is 0 Å². The number of hydrogen-bond acceptors (Lipinski definition) is 3.